The lowest BCUT2D eigenvalue weighted by Crippen LogP contribution is -2.20. The Morgan fingerprint density at radius 3 is 2.47 bits per heavy atom. The van der Waals surface area contributed by atoms with Gasteiger partial charge in [0, 0.05) is 12.1 Å². The molecule has 1 aromatic rings. The molecule has 0 radical (unpaired) electrons. The molecule has 0 amide bonds. The molecule has 0 N–H and O–H groups in total. The van der Waals surface area contributed by atoms with Gasteiger partial charge in [-0.3, -0.25) is 0 Å². The molecule has 0 aliphatic heterocycles. The Morgan fingerprint density at radius 2 is 1.87 bits per heavy atom. The van der Waals surface area contributed by atoms with Gasteiger partial charge >= 0.3 is 0 Å². The van der Waals surface area contributed by atoms with E-state index in [0.29, 0.717) is 17.6 Å². The van der Waals surface area contributed by atoms with E-state index in [1.54, 1.807) is 0 Å². The maximum atomic E-state index is 5.83. The summed E-state index contributed by atoms with van der Waals surface area (Å²) in [6.45, 7) is 5.29. The van der Waals surface area contributed by atoms with Crippen LogP contribution in [0.25, 0.3) is 0 Å². The maximum Gasteiger partial charge on any atom is 0.236 e. The van der Waals surface area contributed by atoms with Crippen molar-refractivity contribution in [2.75, 3.05) is 27.2 Å². The topological polar surface area (TPSA) is 38.3 Å². The van der Waals surface area contributed by atoms with Crippen LogP contribution in [0.15, 0.2) is 0 Å². The van der Waals surface area contributed by atoms with Gasteiger partial charge in [-0.2, -0.15) is 0 Å². The van der Waals surface area contributed by atoms with E-state index < -0.39 is 0 Å². The number of hydrogen-bond acceptors (Lipinski definition) is 4. The van der Waals surface area contributed by atoms with Crippen LogP contribution < -0.4 is 4.74 Å². The summed E-state index contributed by atoms with van der Waals surface area (Å²) < 4.78 is 5.51. The number of aromatic nitrogens is 2. The molecular weight excluding hydrogens is 214 g/mol. The van der Waals surface area contributed by atoms with Crippen molar-refractivity contribution in [2.24, 2.45) is 0 Å². The van der Waals surface area contributed by atoms with Gasteiger partial charge in [0.25, 0.3) is 0 Å². The predicted molar refractivity (Wildman–Crippen MR) is 60.6 cm³/mol. The molecule has 1 rings (SSSR count). The lowest BCUT2D eigenvalue weighted by Gasteiger charge is -2.12. The third kappa shape index (κ3) is 3.32. The van der Waals surface area contributed by atoms with Gasteiger partial charge in [-0.15, -0.1) is 10.2 Å². The van der Waals surface area contributed by atoms with E-state index in [1.165, 1.54) is 0 Å². The smallest absolute Gasteiger partial charge is 0.236 e. The van der Waals surface area contributed by atoms with Crippen LogP contribution in [0.2, 0.25) is 5.15 Å². The van der Waals surface area contributed by atoms with E-state index in [1.807, 2.05) is 32.8 Å². The lowest BCUT2D eigenvalue weighted by atomic mass is 10.2. The van der Waals surface area contributed by atoms with Crippen molar-refractivity contribution in [3.05, 3.63) is 16.3 Å². The van der Waals surface area contributed by atoms with Gasteiger partial charge in [0.2, 0.25) is 5.88 Å². The Labute approximate surface area is 95.2 Å². The Bertz CT molecular complexity index is 342. The summed E-state index contributed by atoms with van der Waals surface area (Å²) in [6, 6.07) is 0. The van der Waals surface area contributed by atoms with E-state index in [2.05, 4.69) is 10.2 Å². The number of hydrogen-bond donors (Lipinski definition) is 0. The minimum Gasteiger partial charge on any atom is -0.475 e. The Hall–Kier alpha value is -0.870. The average Bonchev–Trinajstić information content (AvgIpc) is 2.18. The van der Waals surface area contributed by atoms with Gasteiger partial charge in [0.05, 0.1) is 0 Å². The Balaban J connectivity index is 2.66. The standard InChI is InChI=1S/C10H16ClN3O/c1-7-8(2)10(13-12-9(7)11)15-6-5-14(3)4/h5-6H2,1-4H3. The van der Waals surface area contributed by atoms with Crippen molar-refractivity contribution in [1.29, 1.82) is 0 Å². The van der Waals surface area contributed by atoms with Gasteiger partial charge < -0.3 is 9.64 Å². The van der Waals surface area contributed by atoms with Crippen molar-refractivity contribution in [3.8, 4) is 5.88 Å². The number of ether oxygens (including phenoxy) is 1. The monoisotopic (exact) mass is 229 g/mol. The van der Waals surface area contributed by atoms with Crippen LogP contribution in [0.3, 0.4) is 0 Å². The molecule has 4 nitrogen and oxygen atoms in total. The largest absolute Gasteiger partial charge is 0.475 e. The molecule has 15 heavy (non-hydrogen) atoms. The van der Waals surface area contributed by atoms with E-state index in [-0.39, 0.29) is 0 Å². The molecule has 1 aromatic heterocycles. The molecule has 0 aliphatic rings. The van der Waals surface area contributed by atoms with Crippen LogP contribution in [0.1, 0.15) is 11.1 Å². The van der Waals surface area contributed by atoms with Gasteiger partial charge in [-0.1, -0.05) is 11.6 Å². The third-order valence-corrected chi connectivity index (χ3v) is 2.56. The van der Waals surface area contributed by atoms with Crippen LogP contribution in [0, 0.1) is 13.8 Å². The first-order valence-electron chi connectivity index (χ1n) is 4.79. The van der Waals surface area contributed by atoms with E-state index in [4.69, 9.17) is 16.3 Å². The summed E-state index contributed by atoms with van der Waals surface area (Å²) in [5.41, 5.74) is 1.88. The molecule has 0 aliphatic carbocycles. The quantitative estimate of drug-likeness (QED) is 0.788. The highest BCUT2D eigenvalue weighted by molar-refractivity contribution is 6.30. The summed E-state index contributed by atoms with van der Waals surface area (Å²) in [5.74, 6) is 0.568. The molecule has 0 saturated heterocycles. The van der Waals surface area contributed by atoms with Gasteiger partial charge in [-0.05, 0) is 33.5 Å². The normalized spacial score (nSPS) is 10.8. The number of halogens is 1. The molecule has 0 atom stereocenters. The first-order valence-corrected chi connectivity index (χ1v) is 5.17. The summed E-state index contributed by atoms with van der Waals surface area (Å²) in [4.78, 5) is 2.05. The molecule has 0 aromatic carbocycles. The van der Waals surface area contributed by atoms with Crippen molar-refractivity contribution in [2.45, 2.75) is 13.8 Å². The van der Waals surface area contributed by atoms with Crippen LogP contribution in [0.4, 0.5) is 0 Å². The fourth-order valence-corrected chi connectivity index (χ4v) is 1.20. The Kier molecular flexibility index (Phi) is 4.29. The van der Waals surface area contributed by atoms with Crippen molar-refractivity contribution in [3.63, 3.8) is 0 Å². The molecule has 0 saturated carbocycles. The molecular formula is C10H16ClN3O. The highest BCUT2D eigenvalue weighted by Crippen LogP contribution is 2.21. The molecule has 0 bridgehead atoms. The minimum absolute atomic E-state index is 0.437. The van der Waals surface area contributed by atoms with Crippen LogP contribution in [-0.4, -0.2) is 42.3 Å². The molecule has 0 spiro atoms. The van der Waals surface area contributed by atoms with Crippen LogP contribution in [0.5, 0.6) is 5.88 Å². The van der Waals surface area contributed by atoms with Gasteiger partial charge in [-0.25, -0.2) is 0 Å². The average molecular weight is 230 g/mol. The maximum absolute atomic E-state index is 5.83. The summed E-state index contributed by atoms with van der Waals surface area (Å²) >= 11 is 5.83. The van der Waals surface area contributed by atoms with E-state index in [9.17, 15) is 0 Å². The predicted octanol–water partition coefficient (Wildman–Crippen LogP) is 1.69. The molecule has 5 heteroatoms. The summed E-state index contributed by atoms with van der Waals surface area (Å²) in [6.07, 6.45) is 0. The molecule has 84 valence electrons. The fourth-order valence-electron chi connectivity index (χ4n) is 1.02. The zero-order valence-electron chi connectivity index (χ0n) is 9.54. The second-order valence-electron chi connectivity index (χ2n) is 3.70. The fraction of sp³-hybridized carbons (Fsp3) is 0.600. The Morgan fingerprint density at radius 1 is 1.20 bits per heavy atom. The van der Waals surface area contributed by atoms with E-state index in [0.717, 1.165) is 17.7 Å². The van der Waals surface area contributed by atoms with Crippen LogP contribution in [-0.2, 0) is 0 Å². The number of likely N-dealkylation sites (N-methyl/N-ethyl adjacent to an activating group) is 1. The number of nitrogens with zero attached hydrogens (tertiary/aromatic N) is 3. The van der Waals surface area contributed by atoms with Crippen LogP contribution >= 0.6 is 11.6 Å². The third-order valence-electron chi connectivity index (χ3n) is 2.20. The SMILES string of the molecule is Cc1c(Cl)nnc(OCCN(C)C)c1C. The second kappa shape index (κ2) is 5.28. The van der Waals surface area contributed by atoms with Gasteiger partial charge in [0.1, 0.15) is 6.61 Å². The minimum atomic E-state index is 0.437. The van der Waals surface area contributed by atoms with Gasteiger partial charge in [0.15, 0.2) is 5.15 Å². The first-order chi connectivity index (χ1) is 7.02. The number of rotatable bonds is 4. The highest BCUT2D eigenvalue weighted by atomic mass is 35.5. The summed E-state index contributed by atoms with van der Waals surface area (Å²) in [5, 5.41) is 8.16. The second-order valence-corrected chi connectivity index (χ2v) is 4.06. The molecule has 1 heterocycles. The van der Waals surface area contributed by atoms with Crippen molar-refractivity contribution in [1.82, 2.24) is 15.1 Å². The van der Waals surface area contributed by atoms with Crippen molar-refractivity contribution < 1.29 is 4.74 Å². The molecule has 0 unspecified atom stereocenters. The lowest BCUT2D eigenvalue weighted by molar-refractivity contribution is 0.250. The van der Waals surface area contributed by atoms with E-state index >= 15 is 0 Å². The highest BCUT2D eigenvalue weighted by Gasteiger charge is 2.08. The zero-order valence-corrected chi connectivity index (χ0v) is 10.3. The first kappa shape index (κ1) is 12.2. The zero-order chi connectivity index (χ0) is 11.4. The summed E-state index contributed by atoms with van der Waals surface area (Å²) in [7, 11) is 3.99. The van der Waals surface area contributed by atoms with Crippen molar-refractivity contribution >= 4 is 11.6 Å². The molecule has 0 fully saturated rings.